The summed E-state index contributed by atoms with van der Waals surface area (Å²) in [5.74, 6) is -0.259. The van der Waals surface area contributed by atoms with Gasteiger partial charge in [0, 0.05) is 17.5 Å². The average Bonchev–Trinajstić information content (AvgIpc) is 3.27. The number of nitrogens with one attached hydrogen (secondary N) is 1. The van der Waals surface area contributed by atoms with Crippen molar-refractivity contribution in [3.05, 3.63) is 70.5 Å². The first-order chi connectivity index (χ1) is 10.5. The number of hydrogen-bond donors (Lipinski definition) is 1. The average molecular weight is 297 g/mol. The molecule has 22 heavy (non-hydrogen) atoms. The van der Waals surface area contributed by atoms with Gasteiger partial charge in [0.15, 0.2) is 0 Å². The maximum Gasteiger partial charge on any atom is 0.251 e. The standard InChI is InChI=1S/C19H20FNO/c1-13-3-8-17(14(2)11-13)18(22)21-12-19(9-10-19)15-4-6-16(20)7-5-15/h3-8,11H,9-10,12H2,1-2H3,(H,21,22). The second-order valence-electron chi connectivity index (χ2n) is 6.29. The number of aryl methyl sites for hydroxylation is 2. The van der Waals surface area contributed by atoms with Crippen molar-refractivity contribution in [2.75, 3.05) is 6.54 Å². The molecule has 1 aliphatic carbocycles. The molecular formula is C19H20FNO. The van der Waals surface area contributed by atoms with E-state index < -0.39 is 0 Å². The third-order valence-corrected chi connectivity index (χ3v) is 4.52. The first-order valence-electron chi connectivity index (χ1n) is 7.62. The van der Waals surface area contributed by atoms with Crippen molar-refractivity contribution in [3.63, 3.8) is 0 Å². The van der Waals surface area contributed by atoms with Crippen LogP contribution in [-0.2, 0) is 5.41 Å². The summed E-state index contributed by atoms with van der Waals surface area (Å²) in [6, 6.07) is 12.5. The van der Waals surface area contributed by atoms with E-state index >= 15 is 0 Å². The summed E-state index contributed by atoms with van der Waals surface area (Å²) < 4.78 is 13.0. The van der Waals surface area contributed by atoms with E-state index in [9.17, 15) is 9.18 Å². The molecule has 1 amide bonds. The molecule has 1 fully saturated rings. The molecule has 0 saturated heterocycles. The lowest BCUT2D eigenvalue weighted by Gasteiger charge is -2.17. The zero-order valence-corrected chi connectivity index (χ0v) is 12.9. The van der Waals surface area contributed by atoms with Crippen molar-refractivity contribution in [1.29, 1.82) is 0 Å². The fourth-order valence-corrected chi connectivity index (χ4v) is 2.93. The van der Waals surface area contributed by atoms with Gasteiger partial charge < -0.3 is 5.32 Å². The third kappa shape index (κ3) is 2.89. The molecule has 1 saturated carbocycles. The van der Waals surface area contributed by atoms with Gasteiger partial charge in [0.25, 0.3) is 5.91 Å². The fraction of sp³-hybridized carbons (Fsp3) is 0.316. The van der Waals surface area contributed by atoms with Crippen LogP contribution in [0.1, 0.15) is 39.9 Å². The van der Waals surface area contributed by atoms with Crippen LogP contribution in [0.3, 0.4) is 0 Å². The molecule has 114 valence electrons. The quantitative estimate of drug-likeness (QED) is 0.911. The molecule has 0 aliphatic heterocycles. The Bertz CT molecular complexity index is 702. The van der Waals surface area contributed by atoms with Crippen LogP contribution in [0.5, 0.6) is 0 Å². The molecule has 0 aromatic heterocycles. The predicted octanol–water partition coefficient (Wildman–Crippen LogP) is 3.90. The van der Waals surface area contributed by atoms with Crippen LogP contribution in [0.2, 0.25) is 0 Å². The van der Waals surface area contributed by atoms with E-state index in [1.807, 2.05) is 44.2 Å². The van der Waals surface area contributed by atoms with Gasteiger partial charge in [-0.3, -0.25) is 4.79 Å². The van der Waals surface area contributed by atoms with Crippen molar-refractivity contribution < 1.29 is 9.18 Å². The Balaban J connectivity index is 1.69. The highest BCUT2D eigenvalue weighted by Gasteiger charge is 2.44. The van der Waals surface area contributed by atoms with Crippen molar-refractivity contribution in [3.8, 4) is 0 Å². The minimum atomic E-state index is -0.223. The number of carbonyl (C=O) groups is 1. The molecule has 3 rings (SSSR count). The number of amides is 1. The molecule has 0 atom stereocenters. The molecule has 1 aliphatic rings. The summed E-state index contributed by atoms with van der Waals surface area (Å²) in [5.41, 5.74) is 3.96. The van der Waals surface area contributed by atoms with Crippen LogP contribution in [-0.4, -0.2) is 12.5 Å². The maximum absolute atomic E-state index is 13.0. The molecular weight excluding hydrogens is 277 g/mol. The molecule has 0 bridgehead atoms. The van der Waals surface area contributed by atoms with Gasteiger partial charge in [0.2, 0.25) is 0 Å². The molecule has 2 aromatic carbocycles. The number of halogens is 1. The molecule has 3 heteroatoms. The molecule has 0 unspecified atom stereocenters. The summed E-state index contributed by atoms with van der Waals surface area (Å²) in [5, 5.41) is 3.04. The van der Waals surface area contributed by atoms with E-state index in [2.05, 4.69) is 5.32 Å². The second-order valence-corrected chi connectivity index (χ2v) is 6.29. The van der Waals surface area contributed by atoms with Crippen molar-refractivity contribution in [1.82, 2.24) is 5.32 Å². The monoisotopic (exact) mass is 297 g/mol. The van der Waals surface area contributed by atoms with E-state index in [0.717, 1.165) is 35.1 Å². The number of benzene rings is 2. The van der Waals surface area contributed by atoms with Gasteiger partial charge >= 0.3 is 0 Å². The van der Waals surface area contributed by atoms with Crippen LogP contribution < -0.4 is 5.32 Å². The lowest BCUT2D eigenvalue weighted by atomic mass is 9.95. The van der Waals surface area contributed by atoms with E-state index in [1.165, 1.54) is 12.1 Å². The minimum absolute atomic E-state index is 0.0119. The highest BCUT2D eigenvalue weighted by atomic mass is 19.1. The Labute approximate surface area is 130 Å². The topological polar surface area (TPSA) is 29.1 Å². The van der Waals surface area contributed by atoms with Crippen LogP contribution in [0.25, 0.3) is 0 Å². The van der Waals surface area contributed by atoms with Crippen LogP contribution >= 0.6 is 0 Å². The van der Waals surface area contributed by atoms with E-state index in [1.54, 1.807) is 0 Å². The molecule has 0 heterocycles. The van der Waals surface area contributed by atoms with E-state index in [0.29, 0.717) is 6.54 Å². The first kappa shape index (κ1) is 14.8. The Hall–Kier alpha value is -2.16. The van der Waals surface area contributed by atoms with Gasteiger partial charge in [0.1, 0.15) is 5.82 Å². The van der Waals surface area contributed by atoms with Crippen molar-refractivity contribution in [2.45, 2.75) is 32.1 Å². The van der Waals surface area contributed by atoms with Gasteiger partial charge in [-0.1, -0.05) is 29.8 Å². The highest BCUT2D eigenvalue weighted by Crippen LogP contribution is 2.47. The normalized spacial score (nSPS) is 15.4. The van der Waals surface area contributed by atoms with Crippen LogP contribution in [0.4, 0.5) is 4.39 Å². The molecule has 2 nitrogen and oxygen atoms in total. The van der Waals surface area contributed by atoms with Gasteiger partial charge in [-0.2, -0.15) is 0 Å². The second kappa shape index (κ2) is 5.56. The SMILES string of the molecule is Cc1ccc(C(=O)NCC2(c3ccc(F)cc3)CC2)c(C)c1. The lowest BCUT2D eigenvalue weighted by molar-refractivity contribution is 0.0949. The highest BCUT2D eigenvalue weighted by molar-refractivity contribution is 5.95. The van der Waals surface area contributed by atoms with Gasteiger partial charge in [-0.15, -0.1) is 0 Å². The Morgan fingerprint density at radius 3 is 2.41 bits per heavy atom. The van der Waals surface area contributed by atoms with Gasteiger partial charge in [-0.05, 0) is 56.0 Å². The van der Waals surface area contributed by atoms with Crippen molar-refractivity contribution in [2.24, 2.45) is 0 Å². The third-order valence-electron chi connectivity index (χ3n) is 4.52. The molecule has 2 aromatic rings. The molecule has 0 radical (unpaired) electrons. The Morgan fingerprint density at radius 1 is 1.14 bits per heavy atom. The zero-order valence-electron chi connectivity index (χ0n) is 12.9. The van der Waals surface area contributed by atoms with E-state index in [-0.39, 0.29) is 17.1 Å². The first-order valence-corrected chi connectivity index (χ1v) is 7.62. The minimum Gasteiger partial charge on any atom is -0.351 e. The van der Waals surface area contributed by atoms with Gasteiger partial charge in [-0.25, -0.2) is 4.39 Å². The predicted molar refractivity (Wildman–Crippen MR) is 85.6 cm³/mol. The largest absolute Gasteiger partial charge is 0.351 e. The number of rotatable bonds is 4. The zero-order chi connectivity index (χ0) is 15.7. The summed E-state index contributed by atoms with van der Waals surface area (Å²) >= 11 is 0. The smallest absolute Gasteiger partial charge is 0.251 e. The summed E-state index contributed by atoms with van der Waals surface area (Å²) in [7, 11) is 0. The Kier molecular flexibility index (Phi) is 3.73. The Morgan fingerprint density at radius 2 is 1.82 bits per heavy atom. The van der Waals surface area contributed by atoms with Crippen LogP contribution in [0.15, 0.2) is 42.5 Å². The van der Waals surface area contributed by atoms with Crippen LogP contribution in [0, 0.1) is 19.7 Å². The number of carbonyl (C=O) groups excluding carboxylic acids is 1. The molecule has 0 spiro atoms. The number of hydrogen-bond acceptors (Lipinski definition) is 1. The summed E-state index contributed by atoms with van der Waals surface area (Å²) in [6.45, 7) is 4.57. The summed E-state index contributed by atoms with van der Waals surface area (Å²) in [6.07, 6.45) is 2.07. The molecule has 1 N–H and O–H groups in total. The maximum atomic E-state index is 13.0. The van der Waals surface area contributed by atoms with Crippen molar-refractivity contribution >= 4 is 5.91 Å². The lowest BCUT2D eigenvalue weighted by Crippen LogP contribution is -2.32. The van der Waals surface area contributed by atoms with Gasteiger partial charge in [0.05, 0.1) is 0 Å². The fourth-order valence-electron chi connectivity index (χ4n) is 2.93. The van der Waals surface area contributed by atoms with E-state index in [4.69, 9.17) is 0 Å². The summed E-state index contributed by atoms with van der Waals surface area (Å²) in [4.78, 5) is 12.4.